The molecule has 2 atom stereocenters. The monoisotopic (exact) mass is 385 g/mol. The second-order valence-electron chi connectivity index (χ2n) is 9.07. The number of carbonyl (C=O) groups is 1. The van der Waals surface area contributed by atoms with E-state index in [1.807, 2.05) is 47.4 Å². The van der Waals surface area contributed by atoms with Gasteiger partial charge < -0.3 is 14.1 Å². The number of benzene rings is 1. The Balaban J connectivity index is 1.65. The van der Waals surface area contributed by atoms with Gasteiger partial charge in [-0.15, -0.1) is 0 Å². The zero-order valence-electron chi connectivity index (χ0n) is 17.1. The van der Waals surface area contributed by atoms with E-state index in [4.69, 9.17) is 9.16 Å². The van der Waals surface area contributed by atoms with Gasteiger partial charge in [-0.3, -0.25) is 4.79 Å². The van der Waals surface area contributed by atoms with E-state index in [0.717, 1.165) is 11.1 Å². The van der Waals surface area contributed by atoms with Crippen LogP contribution in [0.2, 0.25) is 18.1 Å². The first-order valence-corrected chi connectivity index (χ1v) is 12.5. The number of carbonyl (C=O) groups excluding carboxylic acids is 1. The Kier molecular flexibility index (Phi) is 5.23. The molecule has 3 rings (SSSR count). The van der Waals surface area contributed by atoms with Crippen molar-refractivity contribution in [2.45, 2.75) is 57.2 Å². The third kappa shape index (κ3) is 3.81. The van der Waals surface area contributed by atoms with Crippen LogP contribution >= 0.6 is 0 Å². The van der Waals surface area contributed by atoms with Crippen molar-refractivity contribution in [1.82, 2.24) is 4.90 Å². The maximum Gasteiger partial charge on any atom is 0.263 e. The first-order chi connectivity index (χ1) is 12.6. The second-order valence-corrected chi connectivity index (χ2v) is 13.9. The smallest absolute Gasteiger partial charge is 0.263 e. The summed E-state index contributed by atoms with van der Waals surface area (Å²) in [6.07, 6.45) is 3.63. The van der Waals surface area contributed by atoms with Crippen LogP contribution in [0.25, 0.3) is 0 Å². The zero-order chi connectivity index (χ0) is 19.9. The van der Waals surface area contributed by atoms with E-state index >= 15 is 0 Å². The summed E-state index contributed by atoms with van der Waals surface area (Å²) in [6.45, 7) is 16.8. The van der Waals surface area contributed by atoms with Crippen molar-refractivity contribution in [2.24, 2.45) is 0 Å². The fourth-order valence-electron chi connectivity index (χ4n) is 3.22. The lowest BCUT2D eigenvalue weighted by atomic mass is 9.98. The molecule has 0 bridgehead atoms. The van der Waals surface area contributed by atoms with E-state index in [1.54, 1.807) is 0 Å². The molecule has 1 aromatic carbocycles. The van der Waals surface area contributed by atoms with Gasteiger partial charge in [0.1, 0.15) is 6.10 Å². The normalized spacial score (nSPS) is 25.8. The Morgan fingerprint density at radius 2 is 1.96 bits per heavy atom. The molecule has 2 aliphatic rings. The minimum atomic E-state index is -1.85. The van der Waals surface area contributed by atoms with Crippen LogP contribution in [0.5, 0.6) is 0 Å². The summed E-state index contributed by atoms with van der Waals surface area (Å²) in [5, 5.41) is 0.145. The van der Waals surface area contributed by atoms with Gasteiger partial charge in [0.2, 0.25) is 0 Å². The summed E-state index contributed by atoms with van der Waals surface area (Å²) in [4.78, 5) is 14.9. The molecule has 0 aromatic heterocycles. The number of hydrogen-bond acceptors (Lipinski definition) is 3. The first-order valence-electron chi connectivity index (χ1n) is 9.58. The van der Waals surface area contributed by atoms with E-state index in [2.05, 4.69) is 40.4 Å². The topological polar surface area (TPSA) is 38.8 Å². The number of nitrogens with zero attached hydrogens (tertiary/aromatic N) is 1. The predicted molar refractivity (Wildman–Crippen MR) is 111 cm³/mol. The molecule has 1 spiro atoms. The van der Waals surface area contributed by atoms with Crippen molar-refractivity contribution in [1.29, 1.82) is 0 Å². The average molecular weight is 386 g/mol. The van der Waals surface area contributed by atoms with Crippen LogP contribution in [0.3, 0.4) is 0 Å². The summed E-state index contributed by atoms with van der Waals surface area (Å²) in [7, 11) is -1.85. The van der Waals surface area contributed by atoms with Crippen molar-refractivity contribution in [2.75, 3.05) is 13.2 Å². The van der Waals surface area contributed by atoms with Crippen LogP contribution in [0.4, 0.5) is 0 Å². The molecule has 0 aliphatic carbocycles. The molecule has 0 radical (unpaired) electrons. The van der Waals surface area contributed by atoms with Crippen LogP contribution in [0.15, 0.2) is 54.6 Å². The Hall–Kier alpha value is -1.69. The molecule has 0 saturated carbocycles. The summed E-state index contributed by atoms with van der Waals surface area (Å²) < 4.78 is 12.5. The van der Waals surface area contributed by atoms with Crippen molar-refractivity contribution in [3.05, 3.63) is 60.2 Å². The van der Waals surface area contributed by atoms with Gasteiger partial charge in [0.25, 0.3) is 5.91 Å². The lowest BCUT2D eigenvalue weighted by molar-refractivity contribution is -0.144. The highest BCUT2D eigenvalue weighted by Gasteiger charge is 2.52. The van der Waals surface area contributed by atoms with Crippen LogP contribution in [0.1, 0.15) is 26.3 Å². The largest absolute Gasteiger partial charge is 0.414 e. The maximum absolute atomic E-state index is 13.1. The fraction of sp³-hybridized carbons (Fsp3) is 0.500. The van der Waals surface area contributed by atoms with Gasteiger partial charge in [-0.1, -0.05) is 63.8 Å². The minimum Gasteiger partial charge on any atom is -0.414 e. The fourth-order valence-corrected chi connectivity index (χ4v) is 4.23. The van der Waals surface area contributed by atoms with E-state index in [-0.39, 0.29) is 17.0 Å². The molecule has 0 unspecified atom stereocenters. The van der Waals surface area contributed by atoms with Crippen LogP contribution in [0, 0.1) is 0 Å². The number of hydrogen-bond donors (Lipinski definition) is 0. The van der Waals surface area contributed by atoms with Crippen molar-refractivity contribution in [3.8, 4) is 0 Å². The van der Waals surface area contributed by atoms with Gasteiger partial charge in [-0.05, 0) is 35.3 Å². The van der Waals surface area contributed by atoms with E-state index in [9.17, 15) is 4.79 Å². The summed E-state index contributed by atoms with van der Waals surface area (Å²) in [5.74, 6) is -0.0255. The van der Waals surface area contributed by atoms with Gasteiger partial charge in [0, 0.05) is 13.1 Å². The third-order valence-electron chi connectivity index (χ3n) is 6.03. The SMILES string of the molecule is C=C1CN(Cc2ccccc2)C(=O)[C@]12C=C[C@@H](CO[Si](C)(C)C(C)(C)C)O2. The molecule has 1 amide bonds. The number of rotatable bonds is 5. The summed E-state index contributed by atoms with van der Waals surface area (Å²) >= 11 is 0. The quantitative estimate of drug-likeness (QED) is 0.560. The van der Waals surface area contributed by atoms with Gasteiger partial charge in [0.05, 0.1) is 6.61 Å². The Morgan fingerprint density at radius 1 is 1.30 bits per heavy atom. The molecule has 5 heteroatoms. The molecule has 1 aromatic rings. The summed E-state index contributed by atoms with van der Waals surface area (Å²) in [5.41, 5.74) is 0.890. The van der Waals surface area contributed by atoms with Gasteiger partial charge in [-0.2, -0.15) is 0 Å². The highest BCUT2D eigenvalue weighted by atomic mass is 28.4. The second kappa shape index (κ2) is 7.04. The molecule has 0 N–H and O–H groups in total. The zero-order valence-corrected chi connectivity index (χ0v) is 18.1. The molecule has 27 heavy (non-hydrogen) atoms. The minimum absolute atomic E-state index is 0.0255. The van der Waals surface area contributed by atoms with E-state index < -0.39 is 13.9 Å². The molecule has 146 valence electrons. The van der Waals surface area contributed by atoms with Crippen molar-refractivity contribution in [3.63, 3.8) is 0 Å². The molecule has 2 heterocycles. The predicted octanol–water partition coefficient (Wildman–Crippen LogP) is 4.30. The molecular weight excluding hydrogens is 354 g/mol. The van der Waals surface area contributed by atoms with Crippen LogP contribution in [-0.4, -0.2) is 44.0 Å². The number of likely N-dealkylation sites (tertiary alicyclic amines) is 1. The standard InChI is InChI=1S/C22H31NO3Si/c1-17-14-23(15-18-10-8-7-9-11-18)20(24)22(17)13-12-19(26-22)16-25-27(5,6)21(2,3)4/h7-13,19H,1,14-16H2,2-6H3/t19-,22-/m0/s1. The van der Waals surface area contributed by atoms with E-state index in [0.29, 0.717) is 19.7 Å². The van der Waals surface area contributed by atoms with Gasteiger partial charge >= 0.3 is 0 Å². The Bertz CT molecular complexity index is 751. The van der Waals surface area contributed by atoms with Gasteiger partial charge in [-0.25, -0.2) is 0 Å². The summed E-state index contributed by atoms with van der Waals surface area (Å²) in [6, 6.07) is 10.0. The third-order valence-corrected chi connectivity index (χ3v) is 10.5. The highest BCUT2D eigenvalue weighted by Crippen LogP contribution is 2.40. The first kappa shape index (κ1) is 20.1. The molecule has 2 aliphatic heterocycles. The maximum atomic E-state index is 13.1. The average Bonchev–Trinajstić information content (AvgIpc) is 3.12. The molecule has 4 nitrogen and oxygen atoms in total. The number of amides is 1. The molecule has 1 fully saturated rings. The van der Waals surface area contributed by atoms with E-state index in [1.165, 1.54) is 0 Å². The Labute approximate surface area is 164 Å². The van der Waals surface area contributed by atoms with Crippen LogP contribution in [-0.2, 0) is 20.5 Å². The lowest BCUT2D eigenvalue weighted by Gasteiger charge is -2.37. The molecule has 1 saturated heterocycles. The van der Waals surface area contributed by atoms with Crippen molar-refractivity contribution < 1.29 is 14.0 Å². The Morgan fingerprint density at radius 3 is 2.59 bits per heavy atom. The number of ether oxygens (including phenoxy) is 1. The van der Waals surface area contributed by atoms with Crippen LogP contribution < -0.4 is 0 Å². The highest BCUT2D eigenvalue weighted by molar-refractivity contribution is 6.74. The lowest BCUT2D eigenvalue weighted by Crippen LogP contribution is -2.44. The van der Waals surface area contributed by atoms with Crippen molar-refractivity contribution >= 4 is 14.2 Å². The van der Waals surface area contributed by atoms with Gasteiger partial charge in [0.15, 0.2) is 13.9 Å². The molecular formula is C22H31NO3Si.